The van der Waals surface area contributed by atoms with Crippen LogP contribution in [0.4, 0.5) is 11.5 Å². The maximum absolute atomic E-state index is 12.1. The van der Waals surface area contributed by atoms with Crippen LogP contribution < -0.4 is 11.1 Å². The second-order valence-corrected chi connectivity index (χ2v) is 4.99. The molecule has 0 unspecified atom stereocenters. The van der Waals surface area contributed by atoms with Gasteiger partial charge in [0.25, 0.3) is 5.91 Å². The number of hydrogen-bond acceptors (Lipinski definition) is 4. The molecule has 0 atom stereocenters. The number of rotatable bonds is 3. The van der Waals surface area contributed by atoms with Crippen LogP contribution in [0.5, 0.6) is 0 Å². The second kappa shape index (κ2) is 5.69. The first kappa shape index (κ1) is 14.4. The summed E-state index contributed by atoms with van der Waals surface area (Å²) >= 11 is 0. The Balaban J connectivity index is 1.78. The summed E-state index contributed by atoms with van der Waals surface area (Å²) in [7, 11) is 1.81. The molecule has 0 fully saturated rings. The number of nitrogens with one attached hydrogen (secondary N) is 1. The van der Waals surface area contributed by atoms with Crippen LogP contribution in [0.2, 0.25) is 0 Å². The van der Waals surface area contributed by atoms with E-state index in [-0.39, 0.29) is 11.7 Å². The van der Waals surface area contributed by atoms with Crippen LogP contribution in [0.3, 0.4) is 0 Å². The van der Waals surface area contributed by atoms with Crippen LogP contribution in [0.15, 0.2) is 48.8 Å². The van der Waals surface area contributed by atoms with Gasteiger partial charge in [0.2, 0.25) is 0 Å². The van der Waals surface area contributed by atoms with E-state index >= 15 is 0 Å². The third-order valence-electron chi connectivity index (χ3n) is 3.43. The molecule has 0 spiro atoms. The fraction of sp³-hybridized carbons (Fsp3) is 0.0625. The molecule has 1 amide bonds. The van der Waals surface area contributed by atoms with E-state index < -0.39 is 0 Å². The maximum atomic E-state index is 12.1. The zero-order valence-corrected chi connectivity index (χ0v) is 12.4. The molecule has 0 saturated heterocycles. The molecule has 2 heterocycles. The Morgan fingerprint density at radius 3 is 2.61 bits per heavy atom. The van der Waals surface area contributed by atoms with Crippen molar-refractivity contribution >= 4 is 17.4 Å². The number of amides is 1. The first-order valence-electron chi connectivity index (χ1n) is 6.87. The van der Waals surface area contributed by atoms with Crippen LogP contribution in [-0.2, 0) is 7.05 Å². The lowest BCUT2D eigenvalue weighted by Crippen LogP contribution is -2.15. The number of nitriles is 1. The van der Waals surface area contributed by atoms with E-state index in [0.29, 0.717) is 16.9 Å². The monoisotopic (exact) mass is 306 g/mol. The van der Waals surface area contributed by atoms with E-state index in [9.17, 15) is 4.79 Å². The molecule has 0 aliphatic carbocycles. The Hall–Kier alpha value is -3.53. The van der Waals surface area contributed by atoms with Gasteiger partial charge < -0.3 is 15.6 Å². The van der Waals surface area contributed by atoms with Crippen LogP contribution >= 0.6 is 0 Å². The van der Waals surface area contributed by atoms with Crippen molar-refractivity contribution in [3.8, 4) is 11.8 Å². The van der Waals surface area contributed by atoms with Crippen molar-refractivity contribution < 1.29 is 4.79 Å². The SMILES string of the molecule is Cn1cccc1C(=O)Nc1ccc(-n2cc(C#N)c(N)n2)cc1. The van der Waals surface area contributed by atoms with Crippen molar-refractivity contribution in [2.45, 2.75) is 0 Å². The highest BCUT2D eigenvalue weighted by Gasteiger charge is 2.10. The van der Waals surface area contributed by atoms with E-state index in [1.807, 2.05) is 25.4 Å². The summed E-state index contributed by atoms with van der Waals surface area (Å²) in [6.45, 7) is 0. The van der Waals surface area contributed by atoms with E-state index in [1.54, 1.807) is 41.1 Å². The first-order chi connectivity index (χ1) is 11.1. The number of nitrogens with zero attached hydrogens (tertiary/aromatic N) is 4. The topological polar surface area (TPSA) is 102 Å². The minimum Gasteiger partial charge on any atom is -0.381 e. The van der Waals surface area contributed by atoms with Gasteiger partial charge in [0, 0.05) is 18.9 Å². The summed E-state index contributed by atoms with van der Waals surface area (Å²) in [5, 5.41) is 15.8. The van der Waals surface area contributed by atoms with Crippen LogP contribution in [0.1, 0.15) is 16.1 Å². The maximum Gasteiger partial charge on any atom is 0.272 e. The number of carbonyl (C=O) groups is 1. The molecule has 0 saturated carbocycles. The molecule has 2 aromatic heterocycles. The van der Waals surface area contributed by atoms with Crippen molar-refractivity contribution in [3.63, 3.8) is 0 Å². The quantitative estimate of drug-likeness (QED) is 0.771. The normalized spacial score (nSPS) is 10.3. The minimum absolute atomic E-state index is 0.180. The standard InChI is InChI=1S/C16H14N6O/c1-21-8-2-3-14(21)16(23)19-12-4-6-13(7-5-12)22-10-11(9-17)15(18)20-22/h2-8,10H,1H3,(H2,18,20)(H,19,23). The molecule has 0 radical (unpaired) electrons. The fourth-order valence-corrected chi connectivity index (χ4v) is 2.20. The molecular formula is C16H14N6O. The van der Waals surface area contributed by atoms with E-state index in [0.717, 1.165) is 5.69 Å². The van der Waals surface area contributed by atoms with Gasteiger partial charge >= 0.3 is 0 Å². The van der Waals surface area contributed by atoms with Gasteiger partial charge in [-0.2, -0.15) is 5.26 Å². The highest BCUT2D eigenvalue weighted by Crippen LogP contribution is 2.16. The summed E-state index contributed by atoms with van der Waals surface area (Å²) in [6, 6.07) is 12.6. The fourth-order valence-electron chi connectivity index (χ4n) is 2.20. The number of hydrogen-bond donors (Lipinski definition) is 2. The molecule has 7 nitrogen and oxygen atoms in total. The third kappa shape index (κ3) is 2.78. The van der Waals surface area contributed by atoms with Gasteiger partial charge in [-0.25, -0.2) is 4.68 Å². The largest absolute Gasteiger partial charge is 0.381 e. The van der Waals surface area contributed by atoms with Gasteiger partial charge in [-0.05, 0) is 36.4 Å². The zero-order chi connectivity index (χ0) is 16.4. The molecule has 0 aliphatic rings. The van der Waals surface area contributed by atoms with Gasteiger partial charge in [0.05, 0.1) is 11.9 Å². The molecular weight excluding hydrogens is 292 g/mol. The molecule has 0 bridgehead atoms. The van der Waals surface area contributed by atoms with E-state index in [4.69, 9.17) is 11.0 Å². The van der Waals surface area contributed by atoms with Crippen LogP contribution in [0.25, 0.3) is 5.69 Å². The zero-order valence-electron chi connectivity index (χ0n) is 12.4. The lowest BCUT2D eigenvalue weighted by molar-refractivity contribution is 0.101. The van der Waals surface area contributed by atoms with Crippen molar-refractivity contribution in [1.82, 2.24) is 14.3 Å². The predicted octanol–water partition coefficient (Wildman–Crippen LogP) is 1.92. The molecule has 1 aromatic carbocycles. The van der Waals surface area contributed by atoms with Gasteiger partial charge in [-0.1, -0.05) is 0 Å². The highest BCUT2D eigenvalue weighted by atomic mass is 16.1. The summed E-state index contributed by atoms with van der Waals surface area (Å²) < 4.78 is 3.27. The Morgan fingerprint density at radius 2 is 2.04 bits per heavy atom. The lowest BCUT2D eigenvalue weighted by Gasteiger charge is -2.07. The van der Waals surface area contributed by atoms with Gasteiger partial charge in [-0.3, -0.25) is 4.79 Å². The second-order valence-electron chi connectivity index (χ2n) is 4.99. The number of nitrogens with two attached hydrogens (primary N) is 1. The molecule has 3 rings (SSSR count). The molecule has 114 valence electrons. The first-order valence-corrected chi connectivity index (χ1v) is 6.87. The molecule has 7 heteroatoms. The van der Waals surface area contributed by atoms with E-state index in [2.05, 4.69) is 10.4 Å². The summed E-state index contributed by atoms with van der Waals surface area (Å²) in [5.74, 6) is 0.00828. The Morgan fingerprint density at radius 1 is 1.30 bits per heavy atom. The number of aromatic nitrogens is 3. The minimum atomic E-state index is -0.180. The molecule has 23 heavy (non-hydrogen) atoms. The molecule has 0 aliphatic heterocycles. The van der Waals surface area contributed by atoms with Crippen molar-refractivity contribution in [2.24, 2.45) is 7.05 Å². The molecule has 3 aromatic rings. The third-order valence-corrected chi connectivity index (χ3v) is 3.43. The summed E-state index contributed by atoms with van der Waals surface area (Å²) in [4.78, 5) is 12.1. The van der Waals surface area contributed by atoms with Gasteiger partial charge in [0.15, 0.2) is 5.82 Å². The average Bonchev–Trinajstić information content (AvgIpc) is 3.13. The van der Waals surface area contributed by atoms with Crippen molar-refractivity contribution in [2.75, 3.05) is 11.1 Å². The Kier molecular flexibility index (Phi) is 3.57. The van der Waals surface area contributed by atoms with Crippen LogP contribution in [-0.4, -0.2) is 20.3 Å². The number of benzene rings is 1. The number of anilines is 2. The van der Waals surface area contributed by atoms with Gasteiger partial charge in [-0.15, -0.1) is 5.10 Å². The number of aryl methyl sites for hydroxylation is 1. The van der Waals surface area contributed by atoms with E-state index in [1.165, 1.54) is 4.68 Å². The summed E-state index contributed by atoms with van der Waals surface area (Å²) in [5.41, 5.74) is 7.95. The lowest BCUT2D eigenvalue weighted by atomic mass is 10.2. The number of nitrogen functional groups attached to an aromatic ring is 1. The van der Waals surface area contributed by atoms with Crippen molar-refractivity contribution in [1.29, 1.82) is 5.26 Å². The van der Waals surface area contributed by atoms with Crippen LogP contribution in [0, 0.1) is 11.3 Å². The van der Waals surface area contributed by atoms with Crippen molar-refractivity contribution in [3.05, 3.63) is 60.0 Å². The number of carbonyl (C=O) groups excluding carboxylic acids is 1. The summed E-state index contributed by atoms with van der Waals surface area (Å²) in [6.07, 6.45) is 3.37. The van der Waals surface area contributed by atoms with Gasteiger partial charge in [0.1, 0.15) is 17.3 Å². The predicted molar refractivity (Wildman–Crippen MR) is 86.1 cm³/mol. The Bertz CT molecular complexity index is 898. The smallest absolute Gasteiger partial charge is 0.272 e. The highest BCUT2D eigenvalue weighted by molar-refractivity contribution is 6.03. The average molecular weight is 306 g/mol. The Labute approximate surface area is 132 Å². The molecule has 3 N–H and O–H groups in total.